The monoisotopic (exact) mass is 538 g/mol. The molecule has 4 rings (SSSR count). The van der Waals surface area contributed by atoms with Gasteiger partial charge in [0.15, 0.2) is 29.3 Å². The molecule has 210 valence electrons. The van der Waals surface area contributed by atoms with Crippen molar-refractivity contribution in [3.8, 4) is 23.0 Å². The Kier molecular flexibility index (Phi) is 8.96. The molecule has 12 nitrogen and oxygen atoms in total. The number of phenols is 2. The second-order valence-corrected chi connectivity index (χ2v) is 9.38. The van der Waals surface area contributed by atoms with Crippen molar-refractivity contribution in [2.45, 2.75) is 42.9 Å². The van der Waals surface area contributed by atoms with E-state index in [-0.39, 0.29) is 36.2 Å². The molecule has 7 N–H and O–H groups in total. The first kappa shape index (κ1) is 28.3. The summed E-state index contributed by atoms with van der Waals surface area (Å²) >= 11 is 0. The van der Waals surface area contributed by atoms with E-state index >= 15 is 0 Å². The Hall–Kier alpha value is -2.68. The van der Waals surface area contributed by atoms with E-state index in [0.717, 1.165) is 0 Å². The van der Waals surface area contributed by atoms with Gasteiger partial charge in [0.25, 0.3) is 0 Å². The molecule has 0 radical (unpaired) electrons. The molecule has 2 saturated heterocycles. The zero-order valence-corrected chi connectivity index (χ0v) is 21.0. The molecule has 2 aliphatic heterocycles. The fourth-order valence-electron chi connectivity index (χ4n) is 5.07. The Labute approximate surface area is 219 Å². The highest BCUT2D eigenvalue weighted by Crippen LogP contribution is 2.48. The van der Waals surface area contributed by atoms with E-state index in [4.69, 9.17) is 23.7 Å². The van der Waals surface area contributed by atoms with Crippen LogP contribution in [0, 0.1) is 11.8 Å². The third-order valence-electron chi connectivity index (χ3n) is 7.20. The number of aliphatic hydroxyl groups is 5. The highest BCUT2D eigenvalue weighted by atomic mass is 16.7. The van der Waals surface area contributed by atoms with Crippen molar-refractivity contribution in [3.63, 3.8) is 0 Å². The summed E-state index contributed by atoms with van der Waals surface area (Å²) < 4.78 is 28.3. The number of methoxy groups -OCH3 is 2. The zero-order chi connectivity index (χ0) is 27.6. The van der Waals surface area contributed by atoms with Gasteiger partial charge in [-0.2, -0.15) is 0 Å². The predicted molar refractivity (Wildman–Crippen MR) is 130 cm³/mol. The number of hydrogen-bond donors (Lipinski definition) is 7. The minimum Gasteiger partial charge on any atom is -0.504 e. The lowest BCUT2D eigenvalue weighted by Gasteiger charge is -2.42. The van der Waals surface area contributed by atoms with Crippen molar-refractivity contribution in [2.75, 3.05) is 34.0 Å². The molecule has 0 amide bonds. The largest absolute Gasteiger partial charge is 0.504 e. The smallest absolute Gasteiger partial charge is 0.187 e. The molecule has 0 spiro atoms. The molecule has 12 heteroatoms. The Bertz CT molecular complexity index is 1080. The molecular weight excluding hydrogens is 504 g/mol. The molecule has 9 atom stereocenters. The van der Waals surface area contributed by atoms with Crippen LogP contribution in [-0.4, -0.2) is 100 Å². The third-order valence-corrected chi connectivity index (χ3v) is 7.20. The van der Waals surface area contributed by atoms with Gasteiger partial charge >= 0.3 is 0 Å². The van der Waals surface area contributed by atoms with Crippen molar-refractivity contribution in [2.24, 2.45) is 11.8 Å². The molecule has 0 aliphatic carbocycles. The summed E-state index contributed by atoms with van der Waals surface area (Å²) in [6, 6.07) is 9.26. The molecule has 0 unspecified atom stereocenters. The van der Waals surface area contributed by atoms with E-state index in [0.29, 0.717) is 11.1 Å². The summed E-state index contributed by atoms with van der Waals surface area (Å²) in [5, 5.41) is 71.2. The van der Waals surface area contributed by atoms with Crippen LogP contribution < -0.4 is 9.47 Å². The van der Waals surface area contributed by atoms with E-state index in [2.05, 4.69) is 0 Å². The maximum Gasteiger partial charge on any atom is 0.187 e. The lowest BCUT2D eigenvalue weighted by molar-refractivity contribution is -0.317. The Balaban J connectivity index is 1.70. The first-order valence-electron chi connectivity index (χ1n) is 12.2. The van der Waals surface area contributed by atoms with Crippen LogP contribution in [0.3, 0.4) is 0 Å². The van der Waals surface area contributed by atoms with E-state index in [1.807, 2.05) is 0 Å². The lowest BCUT2D eigenvalue weighted by Crippen LogP contribution is -2.59. The first-order chi connectivity index (χ1) is 18.2. The van der Waals surface area contributed by atoms with Gasteiger partial charge in [-0.15, -0.1) is 0 Å². The molecule has 0 saturated carbocycles. The van der Waals surface area contributed by atoms with Crippen molar-refractivity contribution in [3.05, 3.63) is 47.5 Å². The predicted octanol–water partition coefficient (Wildman–Crippen LogP) is -0.0312. The van der Waals surface area contributed by atoms with E-state index < -0.39 is 61.4 Å². The average Bonchev–Trinajstić information content (AvgIpc) is 3.36. The number of aromatic hydroxyl groups is 2. The topological polar surface area (TPSA) is 188 Å². The van der Waals surface area contributed by atoms with Gasteiger partial charge in [-0.05, 0) is 35.4 Å². The average molecular weight is 539 g/mol. The second kappa shape index (κ2) is 12.0. The molecular formula is C26H34O12. The highest BCUT2D eigenvalue weighted by Gasteiger charge is 2.48. The van der Waals surface area contributed by atoms with E-state index in [1.54, 1.807) is 18.2 Å². The standard InChI is InChI=1S/C26H34O12/c1-34-18-7-12(3-5-16(18)29)24-14(9-27)15(11-36-24)25(13-4-6-17(30)19(8-13)35-2)38-26-23(33)22(32)21(31)20(10-28)37-26/h3-8,14-15,20-33H,9-11H2,1-2H3/t14-,15+,20-,21-,22-,23-,24+,25+,26+/m1/s1. The summed E-state index contributed by atoms with van der Waals surface area (Å²) in [5.74, 6) is -0.845. The number of phenolic OH excluding ortho intramolecular Hbond substituents is 2. The third kappa shape index (κ3) is 5.40. The summed E-state index contributed by atoms with van der Waals surface area (Å²) in [7, 11) is 2.80. The molecule has 2 aromatic rings. The van der Waals surface area contributed by atoms with Crippen LogP contribution in [0.15, 0.2) is 36.4 Å². The summed E-state index contributed by atoms with van der Waals surface area (Å²) in [6.45, 7) is -0.842. The van der Waals surface area contributed by atoms with Crippen LogP contribution >= 0.6 is 0 Å². The maximum absolute atomic E-state index is 10.6. The number of rotatable bonds is 9. The molecule has 2 aromatic carbocycles. The normalized spacial score (nSPS) is 32.2. The molecule has 2 aliphatic rings. The Morgan fingerprint density at radius 1 is 0.868 bits per heavy atom. The Morgan fingerprint density at radius 2 is 1.53 bits per heavy atom. The van der Waals surface area contributed by atoms with Crippen molar-refractivity contribution >= 4 is 0 Å². The van der Waals surface area contributed by atoms with Gasteiger partial charge in [0.05, 0.1) is 39.6 Å². The van der Waals surface area contributed by atoms with Gasteiger partial charge in [0, 0.05) is 18.4 Å². The maximum atomic E-state index is 10.6. The minimum absolute atomic E-state index is 0.0497. The number of hydrogen-bond acceptors (Lipinski definition) is 12. The van der Waals surface area contributed by atoms with E-state index in [9.17, 15) is 35.7 Å². The number of aliphatic hydroxyl groups excluding tert-OH is 5. The van der Waals surface area contributed by atoms with Crippen molar-refractivity contribution in [1.29, 1.82) is 0 Å². The zero-order valence-electron chi connectivity index (χ0n) is 21.0. The van der Waals surface area contributed by atoms with Crippen LogP contribution in [0.25, 0.3) is 0 Å². The van der Waals surface area contributed by atoms with Gasteiger partial charge in [0.2, 0.25) is 0 Å². The van der Waals surface area contributed by atoms with Crippen molar-refractivity contribution < 1.29 is 59.4 Å². The molecule has 38 heavy (non-hydrogen) atoms. The molecule has 0 bridgehead atoms. The van der Waals surface area contributed by atoms with Gasteiger partial charge in [-0.3, -0.25) is 0 Å². The Morgan fingerprint density at radius 3 is 2.16 bits per heavy atom. The second-order valence-electron chi connectivity index (χ2n) is 9.38. The van der Waals surface area contributed by atoms with Crippen LogP contribution in [0.1, 0.15) is 23.3 Å². The quantitative estimate of drug-likeness (QED) is 0.226. The van der Waals surface area contributed by atoms with Crippen LogP contribution in [0.4, 0.5) is 0 Å². The number of ether oxygens (including phenoxy) is 5. The van der Waals surface area contributed by atoms with Gasteiger partial charge in [0.1, 0.15) is 24.4 Å². The van der Waals surface area contributed by atoms with Crippen LogP contribution in [0.5, 0.6) is 23.0 Å². The molecule has 2 fully saturated rings. The highest BCUT2D eigenvalue weighted by molar-refractivity contribution is 5.44. The summed E-state index contributed by atoms with van der Waals surface area (Å²) in [4.78, 5) is 0. The van der Waals surface area contributed by atoms with Crippen LogP contribution in [0.2, 0.25) is 0 Å². The number of benzene rings is 2. The SMILES string of the molecule is COc1cc([C@@H]2OC[C@H]([C@@H](O[C@@H]3O[C@H](CO)[C@@H](O)[C@@H](O)[C@H]3O)c3ccc(O)c(OC)c3)[C@H]2CO)ccc1O. The molecule has 0 aromatic heterocycles. The van der Waals surface area contributed by atoms with Gasteiger partial charge in [-0.25, -0.2) is 0 Å². The van der Waals surface area contributed by atoms with Crippen molar-refractivity contribution in [1.82, 2.24) is 0 Å². The first-order valence-corrected chi connectivity index (χ1v) is 12.2. The molecule has 2 heterocycles. The fourth-order valence-corrected chi connectivity index (χ4v) is 5.07. The van der Waals surface area contributed by atoms with E-state index in [1.165, 1.54) is 32.4 Å². The summed E-state index contributed by atoms with van der Waals surface area (Å²) in [6.07, 6.45) is -9.03. The lowest BCUT2D eigenvalue weighted by atomic mass is 9.82. The van der Waals surface area contributed by atoms with Crippen LogP contribution in [-0.2, 0) is 14.2 Å². The minimum atomic E-state index is -1.65. The van der Waals surface area contributed by atoms with Gasteiger partial charge in [-0.1, -0.05) is 12.1 Å². The van der Waals surface area contributed by atoms with Gasteiger partial charge < -0.3 is 59.4 Å². The fraction of sp³-hybridized carbons (Fsp3) is 0.538. The summed E-state index contributed by atoms with van der Waals surface area (Å²) in [5.41, 5.74) is 1.14.